The predicted octanol–water partition coefficient (Wildman–Crippen LogP) is 4.10. The molecular formula is C23H24N2O5S. The first-order valence-electron chi connectivity index (χ1n) is 9.60. The number of aryl methyl sites for hydroxylation is 1. The number of benzene rings is 3. The highest BCUT2D eigenvalue weighted by Crippen LogP contribution is 2.29. The van der Waals surface area contributed by atoms with E-state index in [4.69, 9.17) is 9.47 Å². The Morgan fingerprint density at radius 3 is 2.29 bits per heavy atom. The van der Waals surface area contributed by atoms with Crippen molar-refractivity contribution < 1.29 is 22.7 Å². The molecule has 0 aliphatic rings. The van der Waals surface area contributed by atoms with E-state index in [0.717, 1.165) is 0 Å². The molecule has 0 aromatic heterocycles. The Hall–Kier alpha value is -3.36. The standard InChI is InChI=1S/C23H24N2O5S/c1-16-15-19(13-14-21(16)29-3)31(27,28)25-17(2)23(26)24-20-11-7-8-12-22(20)30-18-9-5-4-6-10-18/h4-15,17,25H,1-3H3,(H,24,26)/t17-/m1/s1. The number of hydrogen-bond acceptors (Lipinski definition) is 5. The van der Waals surface area contributed by atoms with Gasteiger partial charge in [-0.05, 0) is 61.9 Å². The summed E-state index contributed by atoms with van der Waals surface area (Å²) in [4.78, 5) is 12.7. The Morgan fingerprint density at radius 2 is 1.61 bits per heavy atom. The lowest BCUT2D eigenvalue weighted by molar-refractivity contribution is -0.117. The van der Waals surface area contributed by atoms with Crippen molar-refractivity contribution in [1.82, 2.24) is 4.72 Å². The van der Waals surface area contributed by atoms with Gasteiger partial charge in [0.25, 0.3) is 0 Å². The van der Waals surface area contributed by atoms with Gasteiger partial charge >= 0.3 is 0 Å². The summed E-state index contributed by atoms with van der Waals surface area (Å²) >= 11 is 0. The van der Waals surface area contributed by atoms with Crippen LogP contribution in [0, 0.1) is 6.92 Å². The Bertz CT molecular complexity index is 1160. The Labute approximate surface area is 182 Å². The minimum absolute atomic E-state index is 0.0539. The van der Waals surface area contributed by atoms with Crippen LogP contribution in [0.5, 0.6) is 17.2 Å². The molecule has 0 saturated carbocycles. The number of ether oxygens (including phenoxy) is 2. The van der Waals surface area contributed by atoms with Crippen molar-refractivity contribution in [1.29, 1.82) is 0 Å². The SMILES string of the molecule is COc1ccc(S(=O)(=O)N[C@H](C)C(=O)Nc2ccccc2Oc2ccccc2)cc1C. The maximum Gasteiger partial charge on any atom is 0.242 e. The first kappa shape index (κ1) is 22.3. The number of sulfonamides is 1. The Balaban J connectivity index is 1.72. The predicted molar refractivity (Wildman–Crippen MR) is 119 cm³/mol. The number of amides is 1. The van der Waals surface area contributed by atoms with Crippen LogP contribution < -0.4 is 19.5 Å². The van der Waals surface area contributed by atoms with Crippen LogP contribution in [-0.2, 0) is 14.8 Å². The van der Waals surface area contributed by atoms with Crippen LogP contribution in [0.1, 0.15) is 12.5 Å². The molecule has 2 N–H and O–H groups in total. The van der Waals surface area contributed by atoms with E-state index in [1.165, 1.54) is 26.2 Å². The van der Waals surface area contributed by atoms with Gasteiger partial charge in [0, 0.05) is 0 Å². The summed E-state index contributed by atoms with van der Waals surface area (Å²) in [6.07, 6.45) is 0. The number of carbonyl (C=O) groups excluding carboxylic acids is 1. The van der Waals surface area contributed by atoms with E-state index in [9.17, 15) is 13.2 Å². The minimum Gasteiger partial charge on any atom is -0.496 e. The Kier molecular flexibility index (Phi) is 6.94. The van der Waals surface area contributed by atoms with Crippen molar-refractivity contribution in [3.8, 4) is 17.2 Å². The van der Waals surface area contributed by atoms with E-state index >= 15 is 0 Å². The monoisotopic (exact) mass is 440 g/mol. The lowest BCUT2D eigenvalue weighted by atomic mass is 10.2. The van der Waals surface area contributed by atoms with E-state index in [2.05, 4.69) is 10.0 Å². The molecule has 0 aliphatic heterocycles. The largest absolute Gasteiger partial charge is 0.496 e. The van der Waals surface area contributed by atoms with Gasteiger partial charge in [-0.1, -0.05) is 30.3 Å². The third kappa shape index (κ3) is 5.62. The van der Waals surface area contributed by atoms with Gasteiger partial charge < -0.3 is 14.8 Å². The zero-order chi connectivity index (χ0) is 22.4. The number of para-hydroxylation sites is 3. The van der Waals surface area contributed by atoms with E-state index in [1.54, 1.807) is 49.4 Å². The van der Waals surface area contributed by atoms with E-state index in [1.807, 2.05) is 18.2 Å². The summed E-state index contributed by atoms with van der Waals surface area (Å²) < 4.78 is 38.8. The normalized spacial score (nSPS) is 12.1. The number of anilines is 1. The quantitative estimate of drug-likeness (QED) is 0.550. The van der Waals surface area contributed by atoms with Crippen molar-refractivity contribution >= 4 is 21.6 Å². The molecule has 8 heteroatoms. The molecule has 0 unspecified atom stereocenters. The van der Waals surface area contributed by atoms with Crippen molar-refractivity contribution in [2.75, 3.05) is 12.4 Å². The molecule has 3 rings (SSSR count). The fourth-order valence-electron chi connectivity index (χ4n) is 2.89. The average molecular weight is 441 g/mol. The topological polar surface area (TPSA) is 93.7 Å². The molecule has 0 spiro atoms. The van der Waals surface area contributed by atoms with Gasteiger partial charge in [-0.15, -0.1) is 0 Å². The summed E-state index contributed by atoms with van der Waals surface area (Å²) in [7, 11) is -2.39. The molecule has 3 aromatic rings. The zero-order valence-corrected chi connectivity index (χ0v) is 18.3. The maximum absolute atomic E-state index is 12.7. The van der Waals surface area contributed by atoms with Crippen LogP contribution in [0.4, 0.5) is 5.69 Å². The molecule has 162 valence electrons. The zero-order valence-electron chi connectivity index (χ0n) is 17.5. The summed E-state index contributed by atoms with van der Waals surface area (Å²) in [5, 5.41) is 2.72. The smallest absolute Gasteiger partial charge is 0.242 e. The van der Waals surface area contributed by atoms with Crippen molar-refractivity contribution in [3.63, 3.8) is 0 Å². The molecule has 0 radical (unpaired) electrons. The number of nitrogens with one attached hydrogen (secondary N) is 2. The molecule has 3 aromatic carbocycles. The van der Waals surface area contributed by atoms with Crippen molar-refractivity contribution in [2.24, 2.45) is 0 Å². The van der Waals surface area contributed by atoms with E-state index in [0.29, 0.717) is 28.5 Å². The first-order valence-corrected chi connectivity index (χ1v) is 11.1. The summed E-state index contributed by atoms with van der Waals surface area (Å²) in [6, 6.07) is 19.6. The lowest BCUT2D eigenvalue weighted by Gasteiger charge is -2.17. The molecular weight excluding hydrogens is 416 g/mol. The maximum atomic E-state index is 12.7. The highest BCUT2D eigenvalue weighted by atomic mass is 32.2. The molecule has 0 heterocycles. The van der Waals surface area contributed by atoms with Gasteiger partial charge in [0.15, 0.2) is 5.75 Å². The third-order valence-electron chi connectivity index (χ3n) is 4.52. The van der Waals surface area contributed by atoms with Gasteiger partial charge in [0.1, 0.15) is 11.5 Å². The molecule has 31 heavy (non-hydrogen) atoms. The van der Waals surface area contributed by atoms with Crippen LogP contribution in [0.15, 0.2) is 77.7 Å². The van der Waals surface area contributed by atoms with Crippen molar-refractivity contribution in [2.45, 2.75) is 24.8 Å². The minimum atomic E-state index is -3.90. The Morgan fingerprint density at radius 1 is 0.935 bits per heavy atom. The van der Waals surface area contributed by atoms with Gasteiger partial charge in [-0.2, -0.15) is 4.72 Å². The first-order chi connectivity index (χ1) is 14.8. The number of methoxy groups -OCH3 is 1. The van der Waals surface area contributed by atoms with Gasteiger partial charge in [0.05, 0.1) is 23.7 Å². The molecule has 1 amide bonds. The van der Waals surface area contributed by atoms with Gasteiger partial charge in [0.2, 0.25) is 15.9 Å². The lowest BCUT2D eigenvalue weighted by Crippen LogP contribution is -2.41. The second kappa shape index (κ2) is 9.63. The summed E-state index contributed by atoms with van der Waals surface area (Å²) in [5.41, 5.74) is 1.11. The molecule has 1 atom stereocenters. The number of carbonyl (C=O) groups is 1. The summed E-state index contributed by atoms with van der Waals surface area (Å²) in [5.74, 6) is 1.13. The fraction of sp³-hybridized carbons (Fsp3) is 0.174. The van der Waals surface area contributed by atoms with Crippen LogP contribution in [0.25, 0.3) is 0 Å². The highest BCUT2D eigenvalue weighted by Gasteiger charge is 2.23. The number of rotatable bonds is 8. The highest BCUT2D eigenvalue weighted by molar-refractivity contribution is 7.89. The van der Waals surface area contributed by atoms with Crippen molar-refractivity contribution in [3.05, 3.63) is 78.4 Å². The van der Waals surface area contributed by atoms with Gasteiger partial charge in [-0.3, -0.25) is 4.79 Å². The molecule has 0 fully saturated rings. The van der Waals surface area contributed by atoms with Crippen LogP contribution in [-0.4, -0.2) is 27.5 Å². The number of hydrogen-bond donors (Lipinski definition) is 2. The van der Waals surface area contributed by atoms with Crippen LogP contribution in [0.2, 0.25) is 0 Å². The van der Waals surface area contributed by atoms with E-state index < -0.39 is 22.0 Å². The molecule has 0 saturated heterocycles. The molecule has 0 bridgehead atoms. The van der Waals surface area contributed by atoms with E-state index in [-0.39, 0.29) is 4.90 Å². The van der Waals surface area contributed by atoms with Crippen LogP contribution >= 0.6 is 0 Å². The molecule has 0 aliphatic carbocycles. The summed E-state index contributed by atoms with van der Waals surface area (Å²) in [6.45, 7) is 3.22. The van der Waals surface area contributed by atoms with Crippen LogP contribution in [0.3, 0.4) is 0 Å². The molecule has 7 nitrogen and oxygen atoms in total. The fourth-order valence-corrected chi connectivity index (χ4v) is 4.18. The van der Waals surface area contributed by atoms with Gasteiger partial charge in [-0.25, -0.2) is 8.42 Å². The average Bonchev–Trinajstić information content (AvgIpc) is 2.75. The third-order valence-corrected chi connectivity index (χ3v) is 6.06. The second-order valence-corrected chi connectivity index (χ2v) is 8.59. The second-order valence-electron chi connectivity index (χ2n) is 6.87.